The van der Waals surface area contributed by atoms with Crippen molar-refractivity contribution in [1.29, 1.82) is 0 Å². The lowest BCUT2D eigenvalue weighted by molar-refractivity contribution is -0.112. The summed E-state index contributed by atoms with van der Waals surface area (Å²) in [6.45, 7) is 11.8. The topological polar surface area (TPSA) is 26.0 Å². The van der Waals surface area contributed by atoms with Crippen molar-refractivity contribution in [3.63, 3.8) is 0 Å². The maximum Gasteiger partial charge on any atom is 0.124 e. The molecule has 0 aromatic carbocycles. The number of hydrogen-bond donors (Lipinski definition) is 0. The highest BCUT2D eigenvalue weighted by Crippen LogP contribution is 2.69. The lowest BCUT2D eigenvalue weighted by atomic mass is 9.44. The third kappa shape index (κ3) is 2.92. The molecule has 4 fully saturated rings. The molecule has 2 nitrogen and oxygen atoms in total. The normalized spacial score (nSPS) is 48.6. The highest BCUT2D eigenvalue weighted by atomic mass is 16.5. The highest BCUT2D eigenvalue weighted by Gasteiger charge is 2.60. The molecule has 0 radical (unpaired) electrons. The molecule has 1 aromatic heterocycles. The molecule has 0 aliphatic heterocycles. The van der Waals surface area contributed by atoms with E-state index in [0.29, 0.717) is 16.7 Å². The zero-order valence-corrected chi connectivity index (χ0v) is 18.3. The zero-order valence-electron chi connectivity index (χ0n) is 18.3. The van der Waals surface area contributed by atoms with E-state index < -0.39 is 0 Å². The molecule has 8 unspecified atom stereocenters. The van der Waals surface area contributed by atoms with E-state index in [1.54, 1.807) is 6.26 Å². The van der Waals surface area contributed by atoms with E-state index in [-0.39, 0.29) is 0 Å². The Bertz CT molecular complexity index is 624. The minimum atomic E-state index is 0.462. The molecule has 27 heavy (non-hydrogen) atoms. The Labute approximate surface area is 166 Å². The van der Waals surface area contributed by atoms with Crippen molar-refractivity contribution in [2.75, 3.05) is 0 Å². The first-order valence-corrected chi connectivity index (χ1v) is 11.9. The molecule has 8 atom stereocenters. The van der Waals surface area contributed by atoms with Gasteiger partial charge in [0.2, 0.25) is 0 Å². The standard InChI is InChI=1S/C23H35NO.C2H6/c1-15-8-11-22(2)16(14-15)4-5-17-18-6-7-20(21-10-13-25-24-21)23(18,3)12-9-19(17)22;1-2/h10,13,15-20H,4-9,11-12,14H2,1-3H3;1-2H3. The van der Waals surface area contributed by atoms with Gasteiger partial charge in [0.1, 0.15) is 6.26 Å². The quantitative estimate of drug-likeness (QED) is 0.512. The SMILES string of the molecule is CC.CC1CCC2(C)C(CCC3C2CCC2(C)C(c4ccon4)CCC32)C1. The minimum absolute atomic E-state index is 0.462. The van der Waals surface area contributed by atoms with Gasteiger partial charge in [-0.3, -0.25) is 0 Å². The summed E-state index contributed by atoms with van der Waals surface area (Å²) in [5.41, 5.74) is 2.33. The lowest BCUT2D eigenvalue weighted by Crippen LogP contribution is -2.53. The average molecular weight is 372 g/mol. The van der Waals surface area contributed by atoms with Crippen molar-refractivity contribution in [3.8, 4) is 0 Å². The van der Waals surface area contributed by atoms with E-state index in [4.69, 9.17) is 4.52 Å². The second kappa shape index (κ2) is 7.23. The second-order valence-electron chi connectivity index (χ2n) is 10.6. The molecule has 0 N–H and O–H groups in total. The van der Waals surface area contributed by atoms with E-state index in [1.165, 1.54) is 63.5 Å². The van der Waals surface area contributed by atoms with E-state index in [9.17, 15) is 0 Å². The Balaban J connectivity index is 0.000000872. The number of aromatic nitrogens is 1. The Hall–Kier alpha value is -0.790. The number of fused-ring (bicyclic) bond motifs is 5. The molecule has 4 aliphatic carbocycles. The number of hydrogen-bond acceptors (Lipinski definition) is 2. The molecule has 0 spiro atoms. The molecule has 1 aromatic rings. The van der Waals surface area contributed by atoms with Crippen LogP contribution >= 0.6 is 0 Å². The smallest absolute Gasteiger partial charge is 0.124 e. The summed E-state index contributed by atoms with van der Waals surface area (Å²) in [5, 5.41) is 4.35. The molecular formula is C25H41NO. The van der Waals surface area contributed by atoms with Crippen LogP contribution in [0, 0.1) is 40.4 Å². The third-order valence-electron chi connectivity index (χ3n) is 9.74. The summed E-state index contributed by atoms with van der Waals surface area (Å²) in [6.07, 6.45) is 14.9. The van der Waals surface area contributed by atoms with Crippen LogP contribution in [0.4, 0.5) is 0 Å². The van der Waals surface area contributed by atoms with Crippen LogP contribution in [0.1, 0.15) is 104 Å². The summed E-state index contributed by atoms with van der Waals surface area (Å²) >= 11 is 0. The van der Waals surface area contributed by atoms with Crippen LogP contribution < -0.4 is 0 Å². The molecule has 4 aliphatic rings. The fourth-order valence-electron chi connectivity index (χ4n) is 8.36. The van der Waals surface area contributed by atoms with Gasteiger partial charge in [-0.25, -0.2) is 0 Å². The predicted molar refractivity (Wildman–Crippen MR) is 111 cm³/mol. The highest BCUT2D eigenvalue weighted by molar-refractivity contribution is 5.18. The zero-order chi connectivity index (χ0) is 19.2. The summed E-state index contributed by atoms with van der Waals surface area (Å²) in [5.74, 6) is 5.50. The first-order chi connectivity index (χ1) is 13.0. The number of nitrogens with zero attached hydrogens (tertiary/aromatic N) is 1. The van der Waals surface area contributed by atoms with Crippen LogP contribution in [0.5, 0.6) is 0 Å². The van der Waals surface area contributed by atoms with Gasteiger partial charge >= 0.3 is 0 Å². The van der Waals surface area contributed by atoms with E-state index in [1.807, 2.05) is 13.8 Å². The first-order valence-electron chi connectivity index (χ1n) is 11.9. The number of rotatable bonds is 1. The summed E-state index contributed by atoms with van der Waals surface area (Å²) in [7, 11) is 0. The summed E-state index contributed by atoms with van der Waals surface area (Å²) < 4.78 is 5.21. The molecule has 5 rings (SSSR count). The van der Waals surface area contributed by atoms with Gasteiger partial charge in [-0.2, -0.15) is 0 Å². The van der Waals surface area contributed by atoms with Gasteiger partial charge in [-0.15, -0.1) is 0 Å². The minimum Gasteiger partial charge on any atom is -0.365 e. The van der Waals surface area contributed by atoms with Gasteiger partial charge in [0.15, 0.2) is 0 Å². The molecular weight excluding hydrogens is 330 g/mol. The van der Waals surface area contributed by atoms with Gasteiger partial charge in [0.05, 0.1) is 5.69 Å². The fraction of sp³-hybridized carbons (Fsp3) is 0.880. The largest absolute Gasteiger partial charge is 0.365 e. The maximum atomic E-state index is 5.21. The maximum absolute atomic E-state index is 5.21. The van der Waals surface area contributed by atoms with Crippen molar-refractivity contribution in [2.24, 2.45) is 40.4 Å². The Morgan fingerprint density at radius 2 is 1.67 bits per heavy atom. The Morgan fingerprint density at radius 3 is 2.41 bits per heavy atom. The monoisotopic (exact) mass is 371 g/mol. The van der Waals surface area contributed by atoms with Crippen molar-refractivity contribution < 1.29 is 4.52 Å². The van der Waals surface area contributed by atoms with Crippen LogP contribution in [0.25, 0.3) is 0 Å². The molecule has 4 saturated carbocycles. The molecule has 0 amide bonds. The Morgan fingerprint density at radius 1 is 0.926 bits per heavy atom. The van der Waals surface area contributed by atoms with Crippen molar-refractivity contribution in [3.05, 3.63) is 18.0 Å². The average Bonchev–Trinajstić information content (AvgIpc) is 3.31. The van der Waals surface area contributed by atoms with Gasteiger partial charge in [0.25, 0.3) is 0 Å². The Kier molecular flexibility index (Phi) is 5.23. The molecule has 1 heterocycles. The summed E-state index contributed by atoms with van der Waals surface area (Å²) in [4.78, 5) is 0. The fourth-order valence-corrected chi connectivity index (χ4v) is 8.36. The second-order valence-corrected chi connectivity index (χ2v) is 10.6. The van der Waals surface area contributed by atoms with Gasteiger partial charge in [-0.05, 0) is 91.8 Å². The van der Waals surface area contributed by atoms with Crippen molar-refractivity contribution >= 4 is 0 Å². The van der Waals surface area contributed by atoms with Crippen LogP contribution in [-0.4, -0.2) is 5.16 Å². The molecule has 0 bridgehead atoms. The van der Waals surface area contributed by atoms with Crippen LogP contribution in [0.2, 0.25) is 0 Å². The van der Waals surface area contributed by atoms with Gasteiger partial charge in [0, 0.05) is 12.0 Å². The van der Waals surface area contributed by atoms with Crippen LogP contribution in [0.3, 0.4) is 0 Å². The van der Waals surface area contributed by atoms with Crippen LogP contribution in [-0.2, 0) is 0 Å². The van der Waals surface area contributed by atoms with E-state index >= 15 is 0 Å². The molecule has 152 valence electrons. The molecule has 2 heteroatoms. The van der Waals surface area contributed by atoms with Gasteiger partial charge < -0.3 is 4.52 Å². The van der Waals surface area contributed by atoms with Crippen LogP contribution in [0.15, 0.2) is 16.9 Å². The summed E-state index contributed by atoms with van der Waals surface area (Å²) in [6, 6.07) is 2.13. The van der Waals surface area contributed by atoms with Crippen molar-refractivity contribution in [1.82, 2.24) is 5.16 Å². The van der Waals surface area contributed by atoms with Crippen molar-refractivity contribution in [2.45, 2.75) is 98.3 Å². The molecule has 0 saturated heterocycles. The van der Waals surface area contributed by atoms with Gasteiger partial charge in [-0.1, -0.05) is 46.2 Å². The lowest BCUT2D eigenvalue weighted by Gasteiger charge is -2.61. The van der Waals surface area contributed by atoms with E-state index in [0.717, 1.165) is 29.6 Å². The first kappa shape index (κ1) is 19.5. The van der Waals surface area contributed by atoms with E-state index in [2.05, 4.69) is 32.0 Å². The third-order valence-corrected chi connectivity index (χ3v) is 9.74. The predicted octanol–water partition coefficient (Wildman–Crippen LogP) is 7.46.